The molecule has 0 unspecified atom stereocenters. The van der Waals surface area contributed by atoms with Gasteiger partial charge in [0.1, 0.15) is 11.6 Å². The minimum atomic E-state index is 0.0503. The maximum Gasteiger partial charge on any atom is 0.227 e. The van der Waals surface area contributed by atoms with Crippen molar-refractivity contribution in [3.8, 4) is 5.75 Å². The average Bonchev–Trinajstić information content (AvgIpc) is 3.39. The summed E-state index contributed by atoms with van der Waals surface area (Å²) in [6, 6.07) is 16.1. The Kier molecular flexibility index (Phi) is 6.10. The molecule has 1 amide bonds. The maximum absolute atomic E-state index is 13.1. The highest BCUT2D eigenvalue weighted by atomic mass is 16.5. The van der Waals surface area contributed by atoms with Crippen LogP contribution in [0.25, 0.3) is 11.0 Å². The zero-order chi connectivity index (χ0) is 21.9. The van der Waals surface area contributed by atoms with Crippen LogP contribution in [0.5, 0.6) is 5.75 Å². The number of anilines is 1. The molecule has 2 fully saturated rings. The van der Waals surface area contributed by atoms with Crippen molar-refractivity contribution in [2.45, 2.75) is 25.8 Å². The van der Waals surface area contributed by atoms with Crippen molar-refractivity contribution < 1.29 is 14.3 Å². The van der Waals surface area contributed by atoms with Gasteiger partial charge in [-0.1, -0.05) is 24.3 Å². The van der Waals surface area contributed by atoms with Crippen molar-refractivity contribution in [3.05, 3.63) is 54.4 Å². The van der Waals surface area contributed by atoms with Crippen LogP contribution in [0.2, 0.25) is 0 Å². The van der Waals surface area contributed by atoms with Gasteiger partial charge in [0.2, 0.25) is 5.91 Å². The van der Waals surface area contributed by atoms with E-state index < -0.39 is 0 Å². The molecule has 2 aromatic carbocycles. The van der Waals surface area contributed by atoms with Crippen LogP contribution in [-0.4, -0.2) is 66.4 Å². The number of morpholine rings is 1. The Bertz CT molecular complexity index is 1090. The molecule has 0 bridgehead atoms. The Balaban J connectivity index is 1.42. The van der Waals surface area contributed by atoms with E-state index in [1.807, 2.05) is 42.2 Å². The quantitative estimate of drug-likeness (QED) is 0.571. The summed E-state index contributed by atoms with van der Waals surface area (Å²) in [5.74, 6) is 1.93. The first kappa shape index (κ1) is 21.0. The molecule has 2 saturated heterocycles. The lowest BCUT2D eigenvalue weighted by molar-refractivity contribution is -0.117. The molecule has 32 heavy (non-hydrogen) atoms. The third-order valence-electron chi connectivity index (χ3n) is 6.37. The van der Waals surface area contributed by atoms with Crippen molar-refractivity contribution in [1.29, 1.82) is 0 Å². The smallest absolute Gasteiger partial charge is 0.227 e. The topological polar surface area (TPSA) is 59.8 Å². The normalized spacial score (nSPS) is 19.7. The molecule has 7 nitrogen and oxygen atoms in total. The summed E-state index contributed by atoms with van der Waals surface area (Å²) in [5.41, 5.74) is 2.97. The van der Waals surface area contributed by atoms with Crippen LogP contribution in [0.3, 0.4) is 0 Å². The molecule has 7 heteroatoms. The highest BCUT2D eigenvalue weighted by molar-refractivity contribution is 5.97. The van der Waals surface area contributed by atoms with Crippen LogP contribution in [0.15, 0.2) is 48.5 Å². The Hall–Kier alpha value is -2.90. The number of carbonyl (C=O) groups excluding carboxylic acids is 1. The van der Waals surface area contributed by atoms with E-state index in [0.717, 1.165) is 67.7 Å². The second-order valence-corrected chi connectivity index (χ2v) is 8.37. The molecule has 0 radical (unpaired) electrons. The van der Waals surface area contributed by atoms with E-state index in [1.165, 1.54) is 0 Å². The molecule has 0 saturated carbocycles. The molecule has 1 atom stereocenters. The number of benzene rings is 2. The van der Waals surface area contributed by atoms with Gasteiger partial charge < -0.3 is 18.9 Å². The Morgan fingerprint density at radius 2 is 1.84 bits per heavy atom. The number of imidazole rings is 1. The zero-order valence-corrected chi connectivity index (χ0v) is 18.6. The molecule has 168 valence electrons. The summed E-state index contributed by atoms with van der Waals surface area (Å²) < 4.78 is 13.6. The summed E-state index contributed by atoms with van der Waals surface area (Å²) in [5, 5.41) is 0. The molecule has 5 rings (SSSR count). The first-order valence-electron chi connectivity index (χ1n) is 11.5. The predicted molar refractivity (Wildman–Crippen MR) is 124 cm³/mol. The van der Waals surface area contributed by atoms with Gasteiger partial charge in [-0.15, -0.1) is 0 Å². The van der Waals surface area contributed by atoms with Crippen LogP contribution in [0.1, 0.15) is 25.1 Å². The Morgan fingerprint density at radius 1 is 1.06 bits per heavy atom. The van der Waals surface area contributed by atoms with Crippen LogP contribution < -0.4 is 9.64 Å². The second kappa shape index (κ2) is 9.30. The lowest BCUT2D eigenvalue weighted by atomic mass is 10.1. The number of aromatic nitrogens is 2. The van der Waals surface area contributed by atoms with Crippen molar-refractivity contribution in [2.75, 3.05) is 50.9 Å². The van der Waals surface area contributed by atoms with Gasteiger partial charge in [0, 0.05) is 45.1 Å². The largest absolute Gasteiger partial charge is 0.492 e. The van der Waals surface area contributed by atoms with E-state index in [9.17, 15) is 4.79 Å². The average molecular weight is 435 g/mol. The minimum Gasteiger partial charge on any atom is -0.492 e. The number of para-hydroxylation sites is 4. The van der Waals surface area contributed by atoms with Gasteiger partial charge in [-0.25, -0.2) is 4.98 Å². The van der Waals surface area contributed by atoms with Crippen LogP contribution in [-0.2, 0) is 16.1 Å². The molecular formula is C25H30N4O3. The van der Waals surface area contributed by atoms with E-state index in [1.54, 1.807) is 0 Å². The SMILES string of the molecule is CCOc1ccccc1N1C[C@H](c2nc3ccccc3n2CCN2CCOCC2)CC1=O. The fourth-order valence-electron chi connectivity index (χ4n) is 4.78. The van der Waals surface area contributed by atoms with E-state index in [2.05, 4.69) is 27.7 Å². The molecule has 0 aliphatic carbocycles. The van der Waals surface area contributed by atoms with Crippen molar-refractivity contribution in [3.63, 3.8) is 0 Å². The Labute approximate surface area is 188 Å². The van der Waals surface area contributed by atoms with Gasteiger partial charge in [0.15, 0.2) is 0 Å². The summed E-state index contributed by atoms with van der Waals surface area (Å²) in [4.78, 5) is 22.3. The molecule has 0 N–H and O–H groups in total. The number of ether oxygens (including phenoxy) is 2. The number of hydrogen-bond acceptors (Lipinski definition) is 5. The number of carbonyl (C=O) groups is 1. The minimum absolute atomic E-state index is 0.0503. The molecule has 2 aliphatic rings. The molecular weight excluding hydrogens is 404 g/mol. The van der Waals surface area contributed by atoms with E-state index in [0.29, 0.717) is 19.6 Å². The lowest BCUT2D eigenvalue weighted by Crippen LogP contribution is -2.38. The second-order valence-electron chi connectivity index (χ2n) is 8.37. The van der Waals surface area contributed by atoms with E-state index >= 15 is 0 Å². The first-order valence-corrected chi connectivity index (χ1v) is 11.5. The third kappa shape index (κ3) is 4.10. The van der Waals surface area contributed by atoms with Crippen LogP contribution in [0.4, 0.5) is 5.69 Å². The van der Waals surface area contributed by atoms with Gasteiger partial charge >= 0.3 is 0 Å². The monoisotopic (exact) mass is 434 g/mol. The van der Waals surface area contributed by atoms with E-state index in [4.69, 9.17) is 14.5 Å². The van der Waals surface area contributed by atoms with Gasteiger partial charge in [-0.05, 0) is 31.2 Å². The Morgan fingerprint density at radius 3 is 2.69 bits per heavy atom. The predicted octanol–water partition coefficient (Wildman–Crippen LogP) is 3.29. The highest BCUT2D eigenvalue weighted by Gasteiger charge is 2.36. The highest BCUT2D eigenvalue weighted by Crippen LogP contribution is 2.37. The zero-order valence-electron chi connectivity index (χ0n) is 18.6. The molecule has 2 aliphatic heterocycles. The molecule has 3 heterocycles. The lowest BCUT2D eigenvalue weighted by Gasteiger charge is -2.27. The first-order chi connectivity index (χ1) is 15.7. The molecule has 1 aromatic heterocycles. The van der Waals surface area contributed by atoms with Gasteiger partial charge in [0.05, 0.1) is 36.5 Å². The summed E-state index contributed by atoms with van der Waals surface area (Å²) >= 11 is 0. The maximum atomic E-state index is 13.1. The van der Waals surface area contributed by atoms with Crippen molar-refractivity contribution in [1.82, 2.24) is 14.5 Å². The number of nitrogens with zero attached hydrogens (tertiary/aromatic N) is 4. The van der Waals surface area contributed by atoms with Gasteiger partial charge in [-0.2, -0.15) is 0 Å². The third-order valence-corrected chi connectivity index (χ3v) is 6.37. The fourth-order valence-corrected chi connectivity index (χ4v) is 4.78. The standard InChI is InChI=1S/C25H30N4O3/c1-2-32-23-10-6-5-9-22(23)29-18-19(17-24(29)30)25-26-20-7-3-4-8-21(20)28(25)12-11-27-13-15-31-16-14-27/h3-10,19H,2,11-18H2,1H3/t19-/m1/s1. The van der Waals surface area contributed by atoms with Gasteiger partial charge in [0.25, 0.3) is 0 Å². The number of rotatable bonds is 7. The van der Waals surface area contributed by atoms with Crippen LogP contribution >= 0.6 is 0 Å². The van der Waals surface area contributed by atoms with Crippen LogP contribution in [0, 0.1) is 0 Å². The van der Waals surface area contributed by atoms with Gasteiger partial charge in [-0.3, -0.25) is 9.69 Å². The number of amides is 1. The van der Waals surface area contributed by atoms with Crippen molar-refractivity contribution in [2.24, 2.45) is 0 Å². The van der Waals surface area contributed by atoms with E-state index in [-0.39, 0.29) is 11.8 Å². The summed E-state index contributed by atoms with van der Waals surface area (Å²) in [7, 11) is 0. The summed E-state index contributed by atoms with van der Waals surface area (Å²) in [6.45, 7) is 8.47. The summed E-state index contributed by atoms with van der Waals surface area (Å²) in [6.07, 6.45) is 0.460. The van der Waals surface area contributed by atoms with Crippen molar-refractivity contribution >= 4 is 22.6 Å². The number of hydrogen-bond donors (Lipinski definition) is 0. The number of fused-ring (bicyclic) bond motifs is 1. The molecule has 3 aromatic rings. The fraction of sp³-hybridized carbons (Fsp3) is 0.440. The molecule has 0 spiro atoms.